The van der Waals surface area contributed by atoms with E-state index in [0.717, 1.165) is 23.2 Å². The number of fused-ring (bicyclic) bond motifs is 1. The minimum atomic E-state index is 0.114. The molecule has 0 aliphatic rings. The fourth-order valence-electron chi connectivity index (χ4n) is 2.66. The van der Waals surface area contributed by atoms with E-state index in [2.05, 4.69) is 43.5 Å². The van der Waals surface area contributed by atoms with Gasteiger partial charge in [0.25, 0.3) is 0 Å². The van der Waals surface area contributed by atoms with E-state index in [4.69, 9.17) is 10.3 Å². The maximum absolute atomic E-state index is 5.99. The molecule has 0 saturated carbocycles. The first kappa shape index (κ1) is 15.1. The van der Waals surface area contributed by atoms with Crippen molar-refractivity contribution >= 4 is 11.0 Å². The molecule has 1 atom stereocenters. The number of nitrogens with two attached hydrogens (primary N) is 1. The highest BCUT2D eigenvalue weighted by Crippen LogP contribution is 2.28. The smallest absolute Gasteiger partial charge is 0.137 e. The van der Waals surface area contributed by atoms with E-state index in [1.165, 1.54) is 37.7 Å². The molecule has 0 aliphatic carbocycles. The maximum atomic E-state index is 5.99. The first-order valence-corrected chi connectivity index (χ1v) is 7.71. The highest BCUT2D eigenvalue weighted by Gasteiger charge is 2.15. The Labute approximate surface area is 121 Å². The van der Waals surface area contributed by atoms with E-state index in [9.17, 15) is 0 Å². The van der Waals surface area contributed by atoms with Gasteiger partial charge in [-0.25, -0.2) is 5.43 Å². The fraction of sp³-hybridized carbons (Fsp3) is 0.529. The lowest BCUT2D eigenvalue weighted by atomic mass is 10.0. The molecule has 0 saturated heterocycles. The SMILES string of the molecule is CCCCCCCC(NN)c1cc2cccc(C)c2o1. The number of aryl methyl sites for hydroxylation is 1. The molecule has 0 spiro atoms. The Morgan fingerprint density at radius 2 is 2.00 bits per heavy atom. The lowest BCUT2D eigenvalue weighted by Crippen LogP contribution is -2.27. The average molecular weight is 274 g/mol. The first-order valence-electron chi connectivity index (χ1n) is 7.71. The predicted octanol–water partition coefficient (Wildman–Crippen LogP) is 4.61. The van der Waals surface area contributed by atoms with Crippen LogP contribution in [0.3, 0.4) is 0 Å². The van der Waals surface area contributed by atoms with Crippen LogP contribution >= 0.6 is 0 Å². The van der Waals surface area contributed by atoms with Gasteiger partial charge in [-0.05, 0) is 25.0 Å². The molecule has 0 bridgehead atoms. The summed E-state index contributed by atoms with van der Waals surface area (Å²) < 4.78 is 5.99. The number of benzene rings is 1. The number of rotatable bonds is 8. The number of nitrogens with one attached hydrogen (secondary N) is 1. The summed E-state index contributed by atoms with van der Waals surface area (Å²) in [6.07, 6.45) is 7.40. The summed E-state index contributed by atoms with van der Waals surface area (Å²) in [5.41, 5.74) is 5.05. The van der Waals surface area contributed by atoms with E-state index in [-0.39, 0.29) is 6.04 Å². The van der Waals surface area contributed by atoms with E-state index in [1.54, 1.807) is 0 Å². The molecule has 1 unspecified atom stereocenters. The van der Waals surface area contributed by atoms with Crippen molar-refractivity contribution in [1.29, 1.82) is 0 Å². The molecule has 2 rings (SSSR count). The molecule has 0 fully saturated rings. The van der Waals surface area contributed by atoms with Crippen molar-refractivity contribution in [1.82, 2.24) is 5.43 Å². The summed E-state index contributed by atoms with van der Waals surface area (Å²) in [5.74, 6) is 6.65. The Kier molecular flexibility index (Phi) is 5.62. The molecule has 1 aromatic carbocycles. The normalized spacial score (nSPS) is 12.9. The van der Waals surface area contributed by atoms with Gasteiger partial charge in [0.05, 0.1) is 6.04 Å². The second-order valence-corrected chi connectivity index (χ2v) is 5.56. The molecule has 2 aromatic rings. The van der Waals surface area contributed by atoms with Gasteiger partial charge in [-0.15, -0.1) is 0 Å². The monoisotopic (exact) mass is 274 g/mol. The third-order valence-corrected chi connectivity index (χ3v) is 3.90. The molecule has 0 radical (unpaired) electrons. The van der Waals surface area contributed by atoms with Gasteiger partial charge in [0.15, 0.2) is 0 Å². The minimum absolute atomic E-state index is 0.114. The predicted molar refractivity (Wildman–Crippen MR) is 84.4 cm³/mol. The van der Waals surface area contributed by atoms with Crippen molar-refractivity contribution in [2.75, 3.05) is 0 Å². The summed E-state index contributed by atoms with van der Waals surface area (Å²) in [7, 11) is 0. The van der Waals surface area contributed by atoms with E-state index < -0.39 is 0 Å². The summed E-state index contributed by atoms with van der Waals surface area (Å²) in [6, 6.07) is 8.45. The molecule has 0 aliphatic heterocycles. The second kappa shape index (κ2) is 7.46. The molecule has 20 heavy (non-hydrogen) atoms. The molecule has 3 heteroatoms. The van der Waals surface area contributed by atoms with Crippen LogP contribution in [-0.2, 0) is 0 Å². The maximum Gasteiger partial charge on any atom is 0.137 e. The molecule has 3 N–H and O–H groups in total. The Morgan fingerprint density at radius 1 is 1.20 bits per heavy atom. The van der Waals surface area contributed by atoms with Crippen molar-refractivity contribution < 1.29 is 4.42 Å². The van der Waals surface area contributed by atoms with Crippen LogP contribution < -0.4 is 11.3 Å². The fourth-order valence-corrected chi connectivity index (χ4v) is 2.66. The number of hydrazine groups is 1. The van der Waals surface area contributed by atoms with Gasteiger partial charge in [0.2, 0.25) is 0 Å². The third kappa shape index (κ3) is 3.62. The Hall–Kier alpha value is -1.32. The van der Waals surface area contributed by atoms with Crippen LogP contribution in [0.5, 0.6) is 0 Å². The van der Waals surface area contributed by atoms with Crippen LogP contribution in [0.15, 0.2) is 28.7 Å². The second-order valence-electron chi connectivity index (χ2n) is 5.56. The number of furan rings is 1. The molecular formula is C17H26N2O. The third-order valence-electron chi connectivity index (χ3n) is 3.90. The number of para-hydroxylation sites is 1. The van der Waals surface area contributed by atoms with Gasteiger partial charge in [-0.1, -0.05) is 57.2 Å². The van der Waals surface area contributed by atoms with Crippen molar-refractivity contribution in [3.05, 3.63) is 35.6 Å². The van der Waals surface area contributed by atoms with Gasteiger partial charge in [0, 0.05) is 5.39 Å². The summed E-state index contributed by atoms with van der Waals surface area (Å²) in [6.45, 7) is 4.31. The zero-order chi connectivity index (χ0) is 14.4. The largest absolute Gasteiger partial charge is 0.459 e. The van der Waals surface area contributed by atoms with E-state index in [0.29, 0.717) is 0 Å². The summed E-state index contributed by atoms with van der Waals surface area (Å²) in [5, 5.41) is 1.16. The zero-order valence-corrected chi connectivity index (χ0v) is 12.6. The van der Waals surface area contributed by atoms with Crippen LogP contribution in [-0.4, -0.2) is 0 Å². The topological polar surface area (TPSA) is 51.2 Å². The lowest BCUT2D eigenvalue weighted by Gasteiger charge is -2.12. The Morgan fingerprint density at radius 3 is 2.70 bits per heavy atom. The van der Waals surface area contributed by atoms with Crippen molar-refractivity contribution in [3.63, 3.8) is 0 Å². The van der Waals surface area contributed by atoms with Gasteiger partial charge >= 0.3 is 0 Å². The first-order chi connectivity index (χ1) is 9.76. The van der Waals surface area contributed by atoms with Crippen LogP contribution in [0.2, 0.25) is 0 Å². The van der Waals surface area contributed by atoms with Crippen LogP contribution in [0.25, 0.3) is 11.0 Å². The van der Waals surface area contributed by atoms with Crippen molar-refractivity contribution in [2.45, 2.75) is 58.4 Å². The van der Waals surface area contributed by atoms with Crippen LogP contribution in [0.4, 0.5) is 0 Å². The van der Waals surface area contributed by atoms with Gasteiger partial charge in [-0.3, -0.25) is 5.84 Å². The molecule has 1 heterocycles. The van der Waals surface area contributed by atoms with Gasteiger partial charge < -0.3 is 4.42 Å². The highest BCUT2D eigenvalue weighted by atomic mass is 16.3. The van der Waals surface area contributed by atoms with E-state index >= 15 is 0 Å². The standard InChI is InChI=1S/C17H26N2O/c1-3-4-5-6-7-11-15(19-18)16-12-14-10-8-9-13(2)17(14)20-16/h8-10,12,15,19H,3-7,11,18H2,1-2H3. The number of hydrogen-bond donors (Lipinski definition) is 2. The Bertz CT molecular complexity index is 533. The lowest BCUT2D eigenvalue weighted by molar-refractivity contribution is 0.401. The minimum Gasteiger partial charge on any atom is -0.459 e. The van der Waals surface area contributed by atoms with E-state index in [1.807, 2.05) is 0 Å². The summed E-state index contributed by atoms with van der Waals surface area (Å²) in [4.78, 5) is 0. The van der Waals surface area contributed by atoms with Crippen molar-refractivity contribution in [2.24, 2.45) is 5.84 Å². The number of hydrogen-bond acceptors (Lipinski definition) is 3. The average Bonchev–Trinajstić information content (AvgIpc) is 2.88. The Balaban J connectivity index is 2.00. The summed E-state index contributed by atoms with van der Waals surface area (Å²) >= 11 is 0. The van der Waals surface area contributed by atoms with Crippen LogP contribution in [0.1, 0.15) is 62.8 Å². The van der Waals surface area contributed by atoms with Crippen LogP contribution in [0, 0.1) is 6.92 Å². The highest BCUT2D eigenvalue weighted by molar-refractivity contribution is 5.80. The van der Waals surface area contributed by atoms with Gasteiger partial charge in [0.1, 0.15) is 11.3 Å². The molecule has 0 amide bonds. The molecule has 1 aromatic heterocycles. The quantitative estimate of drug-likeness (QED) is 0.420. The number of unbranched alkanes of at least 4 members (excludes halogenated alkanes) is 4. The molecular weight excluding hydrogens is 248 g/mol. The molecule has 3 nitrogen and oxygen atoms in total. The molecule has 110 valence electrons. The van der Waals surface area contributed by atoms with Gasteiger partial charge in [-0.2, -0.15) is 0 Å². The van der Waals surface area contributed by atoms with Crippen molar-refractivity contribution in [3.8, 4) is 0 Å². The zero-order valence-electron chi connectivity index (χ0n) is 12.6.